The number of nitrogens with one attached hydrogen (secondary N) is 1. The van der Waals surface area contributed by atoms with Gasteiger partial charge in [0.15, 0.2) is 0 Å². The second kappa shape index (κ2) is 7.25. The largest absolute Gasteiger partial charge is 0.466 e. The fourth-order valence-electron chi connectivity index (χ4n) is 1.50. The summed E-state index contributed by atoms with van der Waals surface area (Å²) in [6.45, 7) is 4.74. The number of esters is 1. The Morgan fingerprint density at radius 3 is 2.94 bits per heavy atom. The minimum atomic E-state index is -0.238. The summed E-state index contributed by atoms with van der Waals surface area (Å²) in [6.07, 6.45) is 2.59. The monoisotopic (exact) mass is 253 g/mol. The van der Waals surface area contributed by atoms with E-state index in [1.54, 1.807) is 11.3 Å². The van der Waals surface area contributed by atoms with Gasteiger partial charge in [0.1, 0.15) is 0 Å². The van der Waals surface area contributed by atoms with Crippen LogP contribution in [0.1, 0.15) is 31.2 Å². The Hall–Kier alpha value is -1.13. The number of ether oxygens (including phenoxy) is 1. The number of carbonyl (C=O) groups excluding carboxylic acids is 1. The summed E-state index contributed by atoms with van der Waals surface area (Å²) in [5.74, 6) is -0.238. The van der Waals surface area contributed by atoms with Gasteiger partial charge in [0.05, 0.1) is 7.11 Å². The molecule has 1 atom stereocenters. The van der Waals surface area contributed by atoms with Gasteiger partial charge in [0.2, 0.25) is 0 Å². The number of hydrogen-bond donors (Lipinski definition) is 1. The summed E-state index contributed by atoms with van der Waals surface area (Å²) in [7, 11) is 1.41. The van der Waals surface area contributed by atoms with Crippen molar-refractivity contribution in [3.63, 3.8) is 0 Å². The average Bonchev–Trinajstić information content (AvgIpc) is 2.87. The molecule has 1 rings (SSSR count). The predicted molar refractivity (Wildman–Crippen MR) is 71.1 cm³/mol. The Morgan fingerprint density at radius 2 is 2.41 bits per heavy atom. The van der Waals surface area contributed by atoms with Gasteiger partial charge in [-0.2, -0.15) is 0 Å². The smallest absolute Gasteiger partial charge is 0.333 e. The van der Waals surface area contributed by atoms with Crippen molar-refractivity contribution in [1.82, 2.24) is 5.32 Å². The Morgan fingerprint density at radius 1 is 1.65 bits per heavy atom. The molecular formula is C13H19NO2S. The van der Waals surface area contributed by atoms with Gasteiger partial charge in [-0.1, -0.05) is 19.1 Å². The van der Waals surface area contributed by atoms with Crippen molar-refractivity contribution in [3.05, 3.63) is 34.0 Å². The number of hydrogen-bond acceptors (Lipinski definition) is 4. The summed E-state index contributed by atoms with van der Waals surface area (Å²) in [5, 5.41) is 5.42. The standard InChI is InChI=1S/C13H19NO2S/c1-4-11(13(15)16-3)7-8-14-10(2)12-6-5-9-17-12/h5-7,9-10,14H,4,8H2,1-3H3/b11-7-/t10-/m1/s1. The molecule has 0 saturated carbocycles. The lowest BCUT2D eigenvalue weighted by Crippen LogP contribution is -2.18. The first-order chi connectivity index (χ1) is 8.19. The molecule has 1 heterocycles. The number of carbonyl (C=O) groups is 1. The third-order valence-corrected chi connectivity index (χ3v) is 3.63. The molecule has 0 unspecified atom stereocenters. The quantitative estimate of drug-likeness (QED) is 0.626. The maximum absolute atomic E-state index is 11.3. The van der Waals surface area contributed by atoms with Crippen LogP contribution in [0.15, 0.2) is 29.2 Å². The molecule has 3 nitrogen and oxygen atoms in total. The number of thiophene rings is 1. The van der Waals surface area contributed by atoms with E-state index in [4.69, 9.17) is 4.74 Å². The van der Waals surface area contributed by atoms with Crippen LogP contribution >= 0.6 is 11.3 Å². The number of rotatable bonds is 6. The van der Waals surface area contributed by atoms with Crippen molar-refractivity contribution in [3.8, 4) is 0 Å². The van der Waals surface area contributed by atoms with Crippen molar-refractivity contribution < 1.29 is 9.53 Å². The van der Waals surface area contributed by atoms with E-state index in [-0.39, 0.29) is 5.97 Å². The highest BCUT2D eigenvalue weighted by Gasteiger charge is 2.07. The molecule has 1 aromatic rings. The van der Waals surface area contributed by atoms with Gasteiger partial charge in [0.25, 0.3) is 0 Å². The van der Waals surface area contributed by atoms with Crippen LogP contribution in [0, 0.1) is 0 Å². The zero-order chi connectivity index (χ0) is 12.7. The Kier molecular flexibility index (Phi) is 5.94. The van der Waals surface area contributed by atoms with E-state index in [1.165, 1.54) is 12.0 Å². The van der Waals surface area contributed by atoms with E-state index in [1.807, 2.05) is 19.1 Å². The Labute approximate surface area is 106 Å². The normalized spacial score (nSPS) is 13.5. The first-order valence-corrected chi connectivity index (χ1v) is 6.61. The molecule has 0 fully saturated rings. The first kappa shape index (κ1) is 13.9. The lowest BCUT2D eigenvalue weighted by molar-refractivity contribution is -0.136. The highest BCUT2D eigenvalue weighted by molar-refractivity contribution is 7.10. The van der Waals surface area contributed by atoms with Crippen LogP contribution in [0.25, 0.3) is 0 Å². The molecule has 0 bridgehead atoms. The molecule has 0 aliphatic rings. The average molecular weight is 253 g/mol. The molecule has 4 heteroatoms. The molecule has 0 radical (unpaired) electrons. The Balaban J connectivity index is 2.45. The van der Waals surface area contributed by atoms with Crippen LogP contribution in [0.4, 0.5) is 0 Å². The second-order valence-corrected chi connectivity index (χ2v) is 4.70. The molecule has 1 N–H and O–H groups in total. The molecule has 0 spiro atoms. The van der Waals surface area contributed by atoms with E-state index >= 15 is 0 Å². The Bertz CT molecular complexity index is 371. The minimum Gasteiger partial charge on any atom is -0.466 e. The summed E-state index contributed by atoms with van der Waals surface area (Å²) >= 11 is 1.73. The molecule has 94 valence electrons. The molecule has 0 aromatic carbocycles. The van der Waals surface area contributed by atoms with E-state index < -0.39 is 0 Å². The first-order valence-electron chi connectivity index (χ1n) is 5.73. The molecule has 0 aliphatic heterocycles. The zero-order valence-electron chi connectivity index (χ0n) is 10.5. The highest BCUT2D eigenvalue weighted by Crippen LogP contribution is 2.17. The summed E-state index contributed by atoms with van der Waals surface area (Å²) < 4.78 is 4.70. The molecule has 17 heavy (non-hydrogen) atoms. The van der Waals surface area contributed by atoms with Crippen molar-refractivity contribution in [1.29, 1.82) is 0 Å². The number of methoxy groups -OCH3 is 1. The second-order valence-electron chi connectivity index (χ2n) is 3.72. The van der Waals surface area contributed by atoms with Crippen LogP contribution in [-0.4, -0.2) is 19.6 Å². The minimum absolute atomic E-state index is 0.238. The third kappa shape index (κ3) is 4.32. The van der Waals surface area contributed by atoms with Gasteiger partial charge < -0.3 is 10.1 Å². The van der Waals surface area contributed by atoms with Gasteiger partial charge >= 0.3 is 5.97 Å². The molecule has 0 aliphatic carbocycles. The van der Waals surface area contributed by atoms with Crippen LogP contribution in [0.3, 0.4) is 0 Å². The summed E-state index contributed by atoms with van der Waals surface area (Å²) in [4.78, 5) is 12.6. The lowest BCUT2D eigenvalue weighted by atomic mass is 10.2. The van der Waals surface area contributed by atoms with Crippen LogP contribution in [0.2, 0.25) is 0 Å². The van der Waals surface area contributed by atoms with E-state index in [0.717, 1.165) is 5.57 Å². The van der Waals surface area contributed by atoms with Crippen LogP contribution in [0.5, 0.6) is 0 Å². The van der Waals surface area contributed by atoms with Crippen molar-refractivity contribution in [2.24, 2.45) is 0 Å². The maximum Gasteiger partial charge on any atom is 0.333 e. The van der Waals surface area contributed by atoms with E-state index in [2.05, 4.69) is 23.7 Å². The van der Waals surface area contributed by atoms with Gasteiger partial charge in [-0.3, -0.25) is 0 Å². The SMILES string of the molecule is CC/C(=C/CN[C@H](C)c1cccs1)C(=O)OC. The molecular weight excluding hydrogens is 234 g/mol. The lowest BCUT2D eigenvalue weighted by Gasteiger charge is -2.10. The summed E-state index contributed by atoms with van der Waals surface area (Å²) in [5.41, 5.74) is 0.721. The summed E-state index contributed by atoms with van der Waals surface area (Å²) in [6, 6.07) is 4.45. The molecule has 0 amide bonds. The van der Waals surface area contributed by atoms with Gasteiger partial charge in [0, 0.05) is 23.0 Å². The fraction of sp³-hybridized carbons (Fsp3) is 0.462. The van der Waals surface area contributed by atoms with Gasteiger partial charge in [-0.15, -0.1) is 11.3 Å². The third-order valence-electron chi connectivity index (χ3n) is 2.57. The van der Waals surface area contributed by atoms with Gasteiger partial charge in [-0.25, -0.2) is 4.79 Å². The van der Waals surface area contributed by atoms with Crippen molar-refractivity contribution in [2.45, 2.75) is 26.3 Å². The maximum atomic E-state index is 11.3. The van der Waals surface area contributed by atoms with Crippen LogP contribution in [-0.2, 0) is 9.53 Å². The van der Waals surface area contributed by atoms with Crippen LogP contribution < -0.4 is 5.32 Å². The molecule has 0 saturated heterocycles. The predicted octanol–water partition coefficient (Wildman–Crippen LogP) is 2.91. The van der Waals surface area contributed by atoms with Crippen molar-refractivity contribution in [2.75, 3.05) is 13.7 Å². The molecule has 1 aromatic heterocycles. The van der Waals surface area contributed by atoms with Gasteiger partial charge in [-0.05, 0) is 24.8 Å². The zero-order valence-corrected chi connectivity index (χ0v) is 11.3. The van der Waals surface area contributed by atoms with E-state index in [9.17, 15) is 4.79 Å². The van der Waals surface area contributed by atoms with E-state index in [0.29, 0.717) is 19.0 Å². The topological polar surface area (TPSA) is 38.3 Å². The highest BCUT2D eigenvalue weighted by atomic mass is 32.1. The van der Waals surface area contributed by atoms with Crippen molar-refractivity contribution >= 4 is 17.3 Å². The fourth-order valence-corrected chi connectivity index (χ4v) is 2.26.